The third-order valence-corrected chi connectivity index (χ3v) is 6.98. The zero-order valence-electron chi connectivity index (χ0n) is 16.7. The van der Waals surface area contributed by atoms with Crippen molar-refractivity contribution in [2.24, 2.45) is 0 Å². The molecule has 3 heterocycles. The number of carbonyl (C=O) groups is 2. The summed E-state index contributed by atoms with van der Waals surface area (Å²) in [5.74, 6) is 0.456. The molecule has 1 aromatic heterocycles. The zero-order chi connectivity index (χ0) is 21.1. The molecule has 0 atom stereocenters. The Hall–Kier alpha value is -2.65. The van der Waals surface area contributed by atoms with Gasteiger partial charge in [-0.15, -0.1) is 0 Å². The van der Waals surface area contributed by atoms with Crippen LogP contribution in [0.4, 0.5) is 5.69 Å². The van der Waals surface area contributed by atoms with Crippen LogP contribution in [0.3, 0.4) is 0 Å². The number of fused-ring (bicyclic) bond motifs is 1. The first kappa shape index (κ1) is 20.6. The highest BCUT2D eigenvalue weighted by atomic mass is 32.2. The molecule has 8 nitrogen and oxygen atoms in total. The second-order valence-electron chi connectivity index (χ2n) is 7.58. The van der Waals surface area contributed by atoms with Crippen LogP contribution in [-0.2, 0) is 32.6 Å². The molecule has 0 bridgehead atoms. The van der Waals surface area contributed by atoms with Crippen LogP contribution in [0.25, 0.3) is 0 Å². The van der Waals surface area contributed by atoms with Gasteiger partial charge in [0, 0.05) is 38.2 Å². The Kier molecular flexibility index (Phi) is 5.92. The number of likely N-dealkylation sites (tertiary alicyclic amines) is 1. The van der Waals surface area contributed by atoms with E-state index in [0.29, 0.717) is 18.7 Å². The van der Waals surface area contributed by atoms with Gasteiger partial charge in [0.25, 0.3) is 0 Å². The lowest BCUT2D eigenvalue weighted by molar-refractivity contribution is -0.132. The molecule has 1 saturated heterocycles. The Bertz CT molecular complexity index is 1030. The molecule has 2 amide bonds. The molecule has 4 rings (SSSR count). The molecule has 1 N–H and O–H groups in total. The van der Waals surface area contributed by atoms with Crippen molar-refractivity contribution >= 4 is 27.5 Å². The van der Waals surface area contributed by atoms with Crippen LogP contribution in [0.1, 0.15) is 37.0 Å². The lowest BCUT2D eigenvalue weighted by Crippen LogP contribution is -2.32. The Morgan fingerprint density at radius 1 is 1.03 bits per heavy atom. The van der Waals surface area contributed by atoms with Crippen molar-refractivity contribution in [2.45, 2.75) is 43.5 Å². The van der Waals surface area contributed by atoms with E-state index in [0.717, 1.165) is 37.2 Å². The number of nitrogens with zero attached hydrogens (tertiary/aromatic N) is 2. The van der Waals surface area contributed by atoms with Crippen LogP contribution in [0.5, 0.6) is 0 Å². The van der Waals surface area contributed by atoms with E-state index in [1.165, 1.54) is 12.3 Å². The van der Waals surface area contributed by atoms with Crippen molar-refractivity contribution in [3.63, 3.8) is 0 Å². The SMILES string of the molecule is O=C(CCC(=O)N1CCc2cc(S(=O)(=O)NCc3ccco3)ccc21)N1CCCC1. The lowest BCUT2D eigenvalue weighted by atomic mass is 10.2. The van der Waals surface area contributed by atoms with Gasteiger partial charge in [-0.3, -0.25) is 9.59 Å². The number of hydrogen-bond donors (Lipinski definition) is 1. The van der Waals surface area contributed by atoms with E-state index in [9.17, 15) is 18.0 Å². The molecule has 0 spiro atoms. The van der Waals surface area contributed by atoms with Gasteiger partial charge in [-0.25, -0.2) is 13.1 Å². The van der Waals surface area contributed by atoms with Gasteiger partial charge in [-0.1, -0.05) is 0 Å². The number of carbonyl (C=O) groups excluding carboxylic acids is 2. The maximum Gasteiger partial charge on any atom is 0.240 e. The van der Waals surface area contributed by atoms with Crippen molar-refractivity contribution < 1.29 is 22.4 Å². The fraction of sp³-hybridized carbons (Fsp3) is 0.429. The molecular formula is C21H25N3O5S. The Labute approximate surface area is 175 Å². The predicted octanol–water partition coefficient (Wildman–Crippen LogP) is 2.05. The van der Waals surface area contributed by atoms with Crippen LogP contribution in [0, 0.1) is 0 Å². The normalized spacial score (nSPS) is 16.1. The number of amides is 2. The van der Waals surface area contributed by atoms with E-state index >= 15 is 0 Å². The molecule has 9 heteroatoms. The summed E-state index contributed by atoms with van der Waals surface area (Å²) in [6, 6.07) is 8.18. The summed E-state index contributed by atoms with van der Waals surface area (Å²) in [6.45, 7) is 2.13. The number of benzene rings is 1. The molecule has 1 fully saturated rings. The monoisotopic (exact) mass is 431 g/mol. The van der Waals surface area contributed by atoms with Gasteiger partial charge in [0.1, 0.15) is 5.76 Å². The topological polar surface area (TPSA) is 99.9 Å². The lowest BCUT2D eigenvalue weighted by Gasteiger charge is -2.19. The van der Waals surface area contributed by atoms with Gasteiger partial charge in [-0.05, 0) is 55.2 Å². The summed E-state index contributed by atoms with van der Waals surface area (Å²) in [6.07, 6.45) is 4.51. The fourth-order valence-corrected chi connectivity index (χ4v) is 4.98. The summed E-state index contributed by atoms with van der Waals surface area (Å²) in [5, 5.41) is 0. The summed E-state index contributed by atoms with van der Waals surface area (Å²) < 4.78 is 32.8. The minimum absolute atomic E-state index is 0.0318. The smallest absolute Gasteiger partial charge is 0.240 e. The van der Waals surface area contributed by atoms with Gasteiger partial charge < -0.3 is 14.2 Å². The summed E-state index contributed by atoms with van der Waals surface area (Å²) in [7, 11) is -3.69. The molecule has 160 valence electrons. The Balaban J connectivity index is 1.39. The van der Waals surface area contributed by atoms with E-state index < -0.39 is 10.0 Å². The molecule has 0 unspecified atom stereocenters. The highest BCUT2D eigenvalue weighted by molar-refractivity contribution is 7.89. The first-order valence-electron chi connectivity index (χ1n) is 10.2. The molecular weight excluding hydrogens is 406 g/mol. The predicted molar refractivity (Wildman–Crippen MR) is 110 cm³/mol. The van der Waals surface area contributed by atoms with Gasteiger partial charge in [0.15, 0.2) is 0 Å². The van der Waals surface area contributed by atoms with Crippen molar-refractivity contribution in [1.82, 2.24) is 9.62 Å². The average molecular weight is 432 g/mol. The molecule has 0 radical (unpaired) electrons. The number of sulfonamides is 1. The quantitative estimate of drug-likeness (QED) is 0.723. The number of furan rings is 1. The number of anilines is 1. The highest BCUT2D eigenvalue weighted by Gasteiger charge is 2.27. The number of nitrogens with one attached hydrogen (secondary N) is 1. The summed E-state index contributed by atoms with van der Waals surface area (Å²) in [5.41, 5.74) is 1.54. The van der Waals surface area contributed by atoms with Crippen LogP contribution < -0.4 is 9.62 Å². The molecule has 2 aliphatic heterocycles. The highest BCUT2D eigenvalue weighted by Crippen LogP contribution is 2.31. The van der Waals surface area contributed by atoms with Crippen LogP contribution in [-0.4, -0.2) is 44.8 Å². The largest absolute Gasteiger partial charge is 0.468 e. The Morgan fingerprint density at radius 3 is 2.53 bits per heavy atom. The zero-order valence-corrected chi connectivity index (χ0v) is 17.5. The van der Waals surface area contributed by atoms with E-state index in [-0.39, 0.29) is 36.1 Å². The van der Waals surface area contributed by atoms with Crippen molar-refractivity contribution in [3.8, 4) is 0 Å². The summed E-state index contributed by atoms with van der Waals surface area (Å²) >= 11 is 0. The molecule has 0 saturated carbocycles. The second-order valence-corrected chi connectivity index (χ2v) is 9.34. The maximum atomic E-state index is 12.7. The number of rotatable bonds is 7. The van der Waals surface area contributed by atoms with E-state index in [1.54, 1.807) is 29.2 Å². The van der Waals surface area contributed by atoms with Gasteiger partial charge >= 0.3 is 0 Å². The summed E-state index contributed by atoms with van der Waals surface area (Å²) in [4.78, 5) is 28.5. The minimum atomic E-state index is -3.69. The second kappa shape index (κ2) is 8.61. The molecule has 2 aliphatic rings. The van der Waals surface area contributed by atoms with Crippen LogP contribution in [0.2, 0.25) is 0 Å². The van der Waals surface area contributed by atoms with Crippen molar-refractivity contribution in [2.75, 3.05) is 24.5 Å². The van der Waals surface area contributed by atoms with Crippen molar-refractivity contribution in [3.05, 3.63) is 47.9 Å². The Morgan fingerprint density at radius 2 is 1.80 bits per heavy atom. The third kappa shape index (κ3) is 4.41. The molecule has 30 heavy (non-hydrogen) atoms. The van der Waals surface area contributed by atoms with E-state index in [4.69, 9.17) is 4.42 Å². The van der Waals surface area contributed by atoms with Crippen LogP contribution >= 0.6 is 0 Å². The molecule has 1 aromatic carbocycles. The van der Waals surface area contributed by atoms with E-state index in [2.05, 4.69) is 4.72 Å². The molecule has 2 aromatic rings. The average Bonchev–Trinajstić information content (AvgIpc) is 3.51. The van der Waals surface area contributed by atoms with Gasteiger partial charge in [0.05, 0.1) is 17.7 Å². The van der Waals surface area contributed by atoms with Gasteiger partial charge in [0.2, 0.25) is 21.8 Å². The first-order chi connectivity index (χ1) is 14.4. The minimum Gasteiger partial charge on any atom is -0.468 e. The third-order valence-electron chi connectivity index (χ3n) is 5.59. The number of hydrogen-bond acceptors (Lipinski definition) is 5. The standard InChI is InChI=1S/C21H25N3O5S/c25-20(23-10-1-2-11-23)7-8-21(26)24-12-9-16-14-18(5-6-19(16)24)30(27,28)22-15-17-4-3-13-29-17/h3-6,13-14,22H,1-2,7-12,15H2. The first-order valence-corrected chi connectivity index (χ1v) is 11.7. The van der Waals surface area contributed by atoms with Crippen molar-refractivity contribution in [1.29, 1.82) is 0 Å². The fourth-order valence-electron chi connectivity index (χ4n) is 3.94. The van der Waals surface area contributed by atoms with Crippen LogP contribution in [0.15, 0.2) is 45.9 Å². The van der Waals surface area contributed by atoms with E-state index in [1.807, 2.05) is 4.90 Å². The molecule has 0 aliphatic carbocycles. The van der Waals surface area contributed by atoms with Gasteiger partial charge in [-0.2, -0.15) is 0 Å². The maximum absolute atomic E-state index is 12.7.